The van der Waals surface area contributed by atoms with E-state index in [-0.39, 0.29) is 11.5 Å². The van der Waals surface area contributed by atoms with E-state index in [4.69, 9.17) is 22.7 Å². The Balaban J connectivity index is 2.30. The maximum atomic E-state index is 11.8. The van der Waals surface area contributed by atoms with Crippen LogP contribution in [0.3, 0.4) is 0 Å². The highest BCUT2D eigenvalue weighted by Crippen LogP contribution is 2.22. The third-order valence-corrected chi connectivity index (χ3v) is 3.34. The number of carbonyl (C=O) groups excluding carboxylic acids is 3. The second-order valence-electron chi connectivity index (χ2n) is 4.44. The fourth-order valence-corrected chi connectivity index (χ4v) is 2.14. The van der Waals surface area contributed by atoms with Crippen LogP contribution in [-0.4, -0.2) is 46.8 Å². The molecule has 0 atom stereocenters. The number of hydrogen-bond acceptors (Lipinski definition) is 5. The number of nitrogens with two attached hydrogens (primary N) is 1. The van der Waals surface area contributed by atoms with Gasteiger partial charge in [-0.25, -0.2) is 4.79 Å². The lowest BCUT2D eigenvalue weighted by Gasteiger charge is -2.14. The van der Waals surface area contributed by atoms with Crippen molar-refractivity contribution >= 4 is 35.1 Å². The zero-order valence-electron chi connectivity index (χ0n) is 11.5. The number of amides is 4. The molecular formula is C13H13N3O4S. The van der Waals surface area contributed by atoms with Crippen molar-refractivity contribution in [2.45, 2.75) is 6.54 Å². The van der Waals surface area contributed by atoms with Crippen LogP contribution in [0.15, 0.2) is 18.2 Å². The molecule has 0 radical (unpaired) electrons. The van der Waals surface area contributed by atoms with Crippen molar-refractivity contribution in [2.75, 3.05) is 14.2 Å². The summed E-state index contributed by atoms with van der Waals surface area (Å²) >= 11 is 4.93. The number of urea groups is 1. The lowest BCUT2D eigenvalue weighted by molar-refractivity contribution is -0.143. The van der Waals surface area contributed by atoms with Gasteiger partial charge < -0.3 is 10.5 Å². The van der Waals surface area contributed by atoms with Crippen LogP contribution in [0, 0.1) is 0 Å². The van der Waals surface area contributed by atoms with Gasteiger partial charge in [0.15, 0.2) is 0 Å². The van der Waals surface area contributed by atoms with Gasteiger partial charge in [0.1, 0.15) is 10.7 Å². The molecule has 1 fully saturated rings. The molecule has 4 amide bonds. The SMILES string of the molecule is COc1ccc(CN2C(=O)C(=O)N(C)C2=O)cc1C(N)=S. The largest absolute Gasteiger partial charge is 0.496 e. The summed E-state index contributed by atoms with van der Waals surface area (Å²) < 4.78 is 5.13. The molecule has 0 bridgehead atoms. The highest BCUT2D eigenvalue weighted by Gasteiger charge is 2.42. The molecule has 110 valence electrons. The highest BCUT2D eigenvalue weighted by molar-refractivity contribution is 7.80. The Morgan fingerprint density at radius 1 is 1.29 bits per heavy atom. The molecule has 0 aliphatic carbocycles. The third kappa shape index (κ3) is 2.57. The number of hydrogen-bond donors (Lipinski definition) is 1. The van der Waals surface area contributed by atoms with Crippen LogP contribution in [0.1, 0.15) is 11.1 Å². The molecule has 21 heavy (non-hydrogen) atoms. The van der Waals surface area contributed by atoms with Crippen molar-refractivity contribution in [1.82, 2.24) is 9.80 Å². The quantitative estimate of drug-likeness (QED) is 0.487. The fraction of sp³-hybridized carbons (Fsp3) is 0.231. The summed E-state index contributed by atoms with van der Waals surface area (Å²) in [5, 5.41) is 0. The molecule has 0 saturated carbocycles. The minimum atomic E-state index is -0.852. The van der Waals surface area contributed by atoms with Crippen molar-refractivity contribution < 1.29 is 19.1 Å². The topological polar surface area (TPSA) is 92.9 Å². The molecular weight excluding hydrogens is 294 g/mol. The normalized spacial score (nSPS) is 14.9. The van der Waals surface area contributed by atoms with Crippen molar-refractivity contribution in [1.29, 1.82) is 0 Å². The fourth-order valence-electron chi connectivity index (χ4n) is 1.98. The van der Waals surface area contributed by atoms with E-state index in [9.17, 15) is 14.4 Å². The second kappa shape index (κ2) is 5.49. The number of nitrogens with zero attached hydrogens (tertiary/aromatic N) is 2. The smallest absolute Gasteiger partial charge is 0.334 e. The van der Waals surface area contributed by atoms with Gasteiger partial charge in [-0.15, -0.1) is 0 Å². The van der Waals surface area contributed by atoms with E-state index in [1.54, 1.807) is 18.2 Å². The Hall–Kier alpha value is -2.48. The first-order valence-corrected chi connectivity index (χ1v) is 6.38. The Kier molecular flexibility index (Phi) is 3.90. The predicted molar refractivity (Wildman–Crippen MR) is 77.6 cm³/mol. The molecule has 1 aliphatic rings. The van der Waals surface area contributed by atoms with Gasteiger partial charge in [-0.05, 0) is 17.7 Å². The molecule has 1 heterocycles. The first-order chi connectivity index (χ1) is 9.86. The van der Waals surface area contributed by atoms with Crippen molar-refractivity contribution in [3.63, 3.8) is 0 Å². The summed E-state index contributed by atoms with van der Waals surface area (Å²) in [6, 6.07) is 4.28. The second-order valence-corrected chi connectivity index (χ2v) is 4.88. The van der Waals surface area contributed by atoms with Gasteiger partial charge in [-0.3, -0.25) is 19.4 Å². The summed E-state index contributed by atoms with van der Waals surface area (Å²) in [4.78, 5) is 36.7. The van der Waals surface area contributed by atoms with Gasteiger partial charge in [0.2, 0.25) is 0 Å². The number of imide groups is 2. The van der Waals surface area contributed by atoms with Crippen LogP contribution in [0.2, 0.25) is 0 Å². The standard InChI is InChI=1S/C13H13N3O4S/c1-15-11(17)12(18)16(13(15)19)6-7-3-4-9(20-2)8(5-7)10(14)21/h3-5H,6H2,1-2H3,(H2,14,21). The first kappa shape index (κ1) is 14.9. The molecule has 0 unspecified atom stereocenters. The van der Waals surface area contributed by atoms with E-state index in [1.807, 2.05) is 0 Å². The van der Waals surface area contributed by atoms with Gasteiger partial charge >= 0.3 is 17.8 Å². The monoisotopic (exact) mass is 307 g/mol. The van der Waals surface area contributed by atoms with E-state index >= 15 is 0 Å². The van der Waals surface area contributed by atoms with Gasteiger partial charge in [0.05, 0.1) is 19.2 Å². The molecule has 0 aromatic heterocycles. The lowest BCUT2D eigenvalue weighted by Crippen LogP contribution is -2.31. The number of methoxy groups -OCH3 is 1. The van der Waals surface area contributed by atoms with E-state index in [1.165, 1.54) is 14.2 Å². The van der Waals surface area contributed by atoms with Gasteiger partial charge in [0.25, 0.3) is 0 Å². The highest BCUT2D eigenvalue weighted by atomic mass is 32.1. The summed E-state index contributed by atoms with van der Waals surface area (Å²) in [5.74, 6) is -1.20. The van der Waals surface area contributed by atoms with E-state index in [2.05, 4.69) is 0 Å². The molecule has 1 aliphatic heterocycles. The van der Waals surface area contributed by atoms with Crippen LogP contribution in [0.4, 0.5) is 4.79 Å². The average molecular weight is 307 g/mol. The Labute approximate surface area is 126 Å². The molecule has 1 aromatic rings. The third-order valence-electron chi connectivity index (χ3n) is 3.12. The van der Waals surface area contributed by atoms with E-state index < -0.39 is 17.8 Å². The summed E-state index contributed by atoms with van der Waals surface area (Å²) in [5.41, 5.74) is 6.73. The summed E-state index contributed by atoms with van der Waals surface area (Å²) in [7, 11) is 2.74. The molecule has 2 rings (SSSR count). The Morgan fingerprint density at radius 3 is 2.43 bits per heavy atom. The van der Waals surface area contributed by atoms with Crippen LogP contribution >= 0.6 is 12.2 Å². The van der Waals surface area contributed by atoms with Crippen LogP contribution in [0.25, 0.3) is 0 Å². The molecule has 8 heteroatoms. The predicted octanol–water partition coefficient (Wildman–Crippen LogP) is 0.250. The maximum Gasteiger partial charge on any atom is 0.334 e. The molecule has 7 nitrogen and oxygen atoms in total. The first-order valence-electron chi connectivity index (χ1n) is 5.97. The van der Waals surface area contributed by atoms with Crippen LogP contribution in [-0.2, 0) is 16.1 Å². The summed E-state index contributed by atoms with van der Waals surface area (Å²) in [6.45, 7) is -0.0344. The van der Waals surface area contributed by atoms with Crippen molar-refractivity contribution in [3.8, 4) is 5.75 Å². The zero-order chi connectivity index (χ0) is 15.7. The molecule has 1 saturated heterocycles. The summed E-state index contributed by atoms with van der Waals surface area (Å²) in [6.07, 6.45) is 0. The lowest BCUT2D eigenvalue weighted by atomic mass is 10.1. The van der Waals surface area contributed by atoms with Crippen molar-refractivity contribution in [2.24, 2.45) is 5.73 Å². The van der Waals surface area contributed by atoms with Crippen LogP contribution < -0.4 is 10.5 Å². The molecule has 1 aromatic carbocycles. The van der Waals surface area contributed by atoms with Gasteiger partial charge in [0, 0.05) is 7.05 Å². The van der Waals surface area contributed by atoms with Gasteiger partial charge in [-0.1, -0.05) is 18.3 Å². The maximum absolute atomic E-state index is 11.8. The van der Waals surface area contributed by atoms with E-state index in [0.717, 1.165) is 9.80 Å². The number of ether oxygens (including phenoxy) is 1. The number of likely N-dealkylation sites (N-methyl/N-ethyl adjacent to an activating group) is 1. The minimum absolute atomic E-state index is 0.0344. The Bertz CT molecular complexity index is 659. The van der Waals surface area contributed by atoms with Gasteiger partial charge in [-0.2, -0.15) is 0 Å². The number of rotatable bonds is 4. The molecule has 0 spiro atoms. The average Bonchev–Trinajstić information content (AvgIpc) is 2.65. The number of carbonyl (C=O) groups is 3. The van der Waals surface area contributed by atoms with E-state index in [0.29, 0.717) is 16.9 Å². The number of thiocarbonyl (C=S) groups is 1. The van der Waals surface area contributed by atoms with Crippen molar-refractivity contribution in [3.05, 3.63) is 29.3 Å². The zero-order valence-corrected chi connectivity index (χ0v) is 12.3. The number of benzene rings is 1. The molecule has 2 N–H and O–H groups in total. The Morgan fingerprint density at radius 2 is 1.95 bits per heavy atom. The van der Waals surface area contributed by atoms with Crippen LogP contribution in [0.5, 0.6) is 5.75 Å². The minimum Gasteiger partial charge on any atom is -0.496 e.